The largest absolute Gasteiger partial charge is 0.310 e. The maximum absolute atomic E-state index is 5.94. The number of benzene rings is 4. The lowest BCUT2D eigenvalue weighted by molar-refractivity contribution is 0.660. The van der Waals surface area contributed by atoms with Gasteiger partial charge >= 0.3 is 0 Å². The van der Waals surface area contributed by atoms with Gasteiger partial charge in [0.25, 0.3) is 0 Å². The molecule has 1 aliphatic carbocycles. The smallest absolute Gasteiger partial charge is 0.113 e. The zero-order valence-corrected chi connectivity index (χ0v) is 16.8. The van der Waals surface area contributed by atoms with Gasteiger partial charge in [-0.25, -0.2) is 0 Å². The summed E-state index contributed by atoms with van der Waals surface area (Å²) in [4.78, 5) is 2.29. The van der Waals surface area contributed by atoms with Crippen molar-refractivity contribution in [1.29, 1.82) is 0 Å². The second-order valence-electron chi connectivity index (χ2n) is 8.16. The van der Waals surface area contributed by atoms with E-state index in [4.69, 9.17) is 7.85 Å². The number of rotatable bonds is 3. The van der Waals surface area contributed by atoms with Crippen molar-refractivity contribution in [2.24, 2.45) is 0 Å². The maximum atomic E-state index is 5.94. The fraction of sp³-hybridized carbons (Fsp3) is 0.111. The van der Waals surface area contributed by atoms with E-state index in [1.165, 1.54) is 22.3 Å². The van der Waals surface area contributed by atoms with Crippen molar-refractivity contribution in [3.8, 4) is 11.1 Å². The molecule has 0 heterocycles. The lowest BCUT2D eigenvalue weighted by atomic mass is 9.82. The number of para-hydroxylation sites is 1. The normalized spacial score (nSPS) is 13.6. The first-order chi connectivity index (χ1) is 14.1. The highest BCUT2D eigenvalue weighted by atomic mass is 15.1. The highest BCUT2D eigenvalue weighted by Crippen LogP contribution is 2.50. The zero-order valence-electron chi connectivity index (χ0n) is 16.8. The molecule has 1 nitrogen and oxygen atoms in total. The summed E-state index contributed by atoms with van der Waals surface area (Å²) in [5.74, 6) is 0. The summed E-state index contributed by atoms with van der Waals surface area (Å²) in [6.07, 6.45) is 0. The van der Waals surface area contributed by atoms with Crippen LogP contribution in [-0.4, -0.2) is 7.85 Å². The van der Waals surface area contributed by atoms with Gasteiger partial charge in [0.05, 0.1) is 0 Å². The van der Waals surface area contributed by atoms with Crippen molar-refractivity contribution >= 4 is 30.4 Å². The summed E-state index contributed by atoms with van der Waals surface area (Å²) in [5, 5.41) is 0. The Morgan fingerprint density at radius 1 is 0.586 bits per heavy atom. The molecular formula is C27H22BN. The van der Waals surface area contributed by atoms with Gasteiger partial charge in [-0.3, -0.25) is 0 Å². The molecule has 0 aromatic heterocycles. The van der Waals surface area contributed by atoms with Crippen molar-refractivity contribution in [3.05, 3.63) is 108 Å². The lowest BCUT2D eigenvalue weighted by Crippen LogP contribution is -2.16. The second kappa shape index (κ2) is 6.67. The summed E-state index contributed by atoms with van der Waals surface area (Å²) < 4.78 is 0. The molecule has 4 aromatic rings. The molecule has 2 heteroatoms. The van der Waals surface area contributed by atoms with E-state index in [1.807, 2.05) is 18.2 Å². The van der Waals surface area contributed by atoms with Crippen LogP contribution < -0.4 is 10.4 Å². The summed E-state index contributed by atoms with van der Waals surface area (Å²) in [6.45, 7) is 4.63. The standard InChI is InChI=1S/C27H22BN/c1-27(2)25-11-7-6-10-23(25)24-17-16-22(18-26(24)27)29(20-8-4-3-5-9-20)21-14-12-19(28)13-15-21/h3-18H,1-2H3. The molecule has 0 saturated heterocycles. The van der Waals surface area contributed by atoms with E-state index in [0.717, 1.165) is 22.5 Å². The van der Waals surface area contributed by atoms with Gasteiger partial charge in [-0.2, -0.15) is 0 Å². The fourth-order valence-electron chi connectivity index (χ4n) is 4.48. The first kappa shape index (κ1) is 17.8. The van der Waals surface area contributed by atoms with E-state index in [9.17, 15) is 0 Å². The number of fused-ring (bicyclic) bond motifs is 3. The molecule has 0 saturated carbocycles. The van der Waals surface area contributed by atoms with E-state index < -0.39 is 0 Å². The highest BCUT2D eigenvalue weighted by molar-refractivity contribution is 6.32. The van der Waals surface area contributed by atoms with E-state index in [2.05, 4.69) is 97.6 Å². The van der Waals surface area contributed by atoms with Crippen molar-refractivity contribution in [2.45, 2.75) is 19.3 Å². The van der Waals surface area contributed by atoms with Crippen molar-refractivity contribution < 1.29 is 0 Å². The van der Waals surface area contributed by atoms with E-state index >= 15 is 0 Å². The molecule has 0 unspecified atom stereocenters. The van der Waals surface area contributed by atoms with Crippen LogP contribution in [0, 0.1) is 0 Å². The first-order valence-corrected chi connectivity index (χ1v) is 10.0. The number of anilines is 3. The van der Waals surface area contributed by atoms with Gasteiger partial charge in [-0.15, -0.1) is 0 Å². The Hall–Kier alpha value is -3.26. The van der Waals surface area contributed by atoms with Crippen molar-refractivity contribution in [2.75, 3.05) is 4.90 Å². The molecule has 0 amide bonds. The summed E-state index contributed by atoms with van der Waals surface area (Å²) in [6, 6.07) is 34.1. The third kappa shape index (κ3) is 2.87. The Bertz CT molecular complexity index is 1180. The average Bonchev–Trinajstić information content (AvgIpc) is 2.98. The molecule has 2 radical (unpaired) electrons. The van der Waals surface area contributed by atoms with Crippen molar-refractivity contribution in [1.82, 2.24) is 0 Å². The summed E-state index contributed by atoms with van der Waals surface area (Å²) in [7, 11) is 5.94. The van der Waals surface area contributed by atoms with E-state index in [-0.39, 0.29) is 5.41 Å². The van der Waals surface area contributed by atoms with Crippen LogP contribution in [0.3, 0.4) is 0 Å². The molecule has 1 aliphatic rings. The third-order valence-electron chi connectivity index (χ3n) is 5.99. The summed E-state index contributed by atoms with van der Waals surface area (Å²) >= 11 is 0. The zero-order chi connectivity index (χ0) is 20.0. The minimum Gasteiger partial charge on any atom is -0.310 e. The Labute approximate surface area is 174 Å². The third-order valence-corrected chi connectivity index (χ3v) is 5.99. The van der Waals surface area contributed by atoms with Crippen LogP contribution in [-0.2, 0) is 5.41 Å². The number of hydrogen-bond acceptors (Lipinski definition) is 1. The Morgan fingerprint density at radius 3 is 1.93 bits per heavy atom. The molecule has 0 bridgehead atoms. The molecule has 0 N–H and O–H groups in total. The molecule has 0 spiro atoms. The molecule has 0 fully saturated rings. The molecule has 5 rings (SSSR count). The van der Waals surface area contributed by atoms with E-state index in [0.29, 0.717) is 0 Å². The first-order valence-electron chi connectivity index (χ1n) is 10.0. The molecular weight excluding hydrogens is 349 g/mol. The van der Waals surface area contributed by atoms with Crippen LogP contribution in [0.5, 0.6) is 0 Å². The minimum atomic E-state index is -0.0224. The lowest BCUT2D eigenvalue weighted by Gasteiger charge is -2.28. The van der Waals surface area contributed by atoms with Gasteiger partial charge < -0.3 is 4.90 Å². The number of nitrogens with zero attached hydrogens (tertiary/aromatic N) is 1. The topological polar surface area (TPSA) is 3.24 Å². The SMILES string of the molecule is [B]c1ccc(N(c2ccccc2)c2ccc3c(c2)C(C)(C)c2ccccc2-3)cc1. The van der Waals surface area contributed by atoms with Crippen LogP contribution in [0.1, 0.15) is 25.0 Å². The predicted molar refractivity (Wildman–Crippen MR) is 124 cm³/mol. The molecule has 4 aromatic carbocycles. The highest BCUT2D eigenvalue weighted by Gasteiger charge is 2.35. The Kier molecular flexibility index (Phi) is 4.10. The molecule has 138 valence electrons. The quantitative estimate of drug-likeness (QED) is 0.385. The average molecular weight is 371 g/mol. The van der Waals surface area contributed by atoms with Gasteiger partial charge in [0.15, 0.2) is 0 Å². The molecule has 0 atom stereocenters. The second-order valence-corrected chi connectivity index (χ2v) is 8.16. The summed E-state index contributed by atoms with van der Waals surface area (Å²) in [5.41, 5.74) is 9.57. The predicted octanol–water partition coefficient (Wildman–Crippen LogP) is 6.26. The van der Waals surface area contributed by atoms with Crippen LogP contribution in [0.15, 0.2) is 97.1 Å². The fourth-order valence-corrected chi connectivity index (χ4v) is 4.48. The van der Waals surface area contributed by atoms with Gasteiger partial charge in [0.2, 0.25) is 0 Å². The minimum absolute atomic E-state index is 0.0224. The van der Waals surface area contributed by atoms with E-state index in [1.54, 1.807) is 0 Å². The van der Waals surface area contributed by atoms with Crippen LogP contribution in [0.25, 0.3) is 11.1 Å². The Morgan fingerprint density at radius 2 is 1.17 bits per heavy atom. The van der Waals surface area contributed by atoms with Crippen molar-refractivity contribution in [3.63, 3.8) is 0 Å². The van der Waals surface area contributed by atoms with Gasteiger partial charge in [-0.05, 0) is 58.7 Å². The number of hydrogen-bond donors (Lipinski definition) is 0. The maximum Gasteiger partial charge on any atom is 0.113 e. The monoisotopic (exact) mass is 371 g/mol. The van der Waals surface area contributed by atoms with Crippen LogP contribution in [0.2, 0.25) is 0 Å². The molecule has 0 aliphatic heterocycles. The van der Waals surface area contributed by atoms with Gasteiger partial charge in [0.1, 0.15) is 7.85 Å². The van der Waals surface area contributed by atoms with Crippen LogP contribution in [0.4, 0.5) is 17.1 Å². The van der Waals surface area contributed by atoms with Gasteiger partial charge in [-0.1, -0.05) is 80.0 Å². The Balaban J connectivity index is 1.69. The van der Waals surface area contributed by atoms with Gasteiger partial charge in [0, 0.05) is 22.5 Å². The molecule has 29 heavy (non-hydrogen) atoms. The van der Waals surface area contributed by atoms with Crippen LogP contribution >= 0.6 is 0 Å².